The van der Waals surface area contributed by atoms with Gasteiger partial charge in [0.25, 0.3) is 0 Å². The molecule has 0 saturated heterocycles. The molecule has 0 heterocycles. The zero-order valence-electron chi connectivity index (χ0n) is 11.5. The van der Waals surface area contributed by atoms with E-state index < -0.39 is 0 Å². The SMILES string of the molecule is CCCc1ccccc1NCc1ccc(C#N)cc1Cl. The highest BCUT2D eigenvalue weighted by atomic mass is 35.5. The van der Waals surface area contributed by atoms with Crippen molar-refractivity contribution in [1.82, 2.24) is 0 Å². The van der Waals surface area contributed by atoms with Gasteiger partial charge in [0.05, 0.1) is 11.6 Å². The van der Waals surface area contributed by atoms with Gasteiger partial charge in [0.1, 0.15) is 0 Å². The number of nitrogens with one attached hydrogen (secondary N) is 1. The molecular formula is C17H17ClN2. The number of halogens is 1. The van der Waals surface area contributed by atoms with Gasteiger partial charge in [-0.3, -0.25) is 0 Å². The topological polar surface area (TPSA) is 35.8 Å². The number of hydrogen-bond acceptors (Lipinski definition) is 2. The zero-order valence-corrected chi connectivity index (χ0v) is 12.2. The summed E-state index contributed by atoms with van der Waals surface area (Å²) < 4.78 is 0. The van der Waals surface area contributed by atoms with Gasteiger partial charge in [-0.1, -0.05) is 49.2 Å². The van der Waals surface area contributed by atoms with E-state index in [1.165, 1.54) is 5.56 Å². The maximum absolute atomic E-state index is 8.83. The number of aryl methyl sites for hydroxylation is 1. The Balaban J connectivity index is 2.11. The molecule has 2 aromatic carbocycles. The van der Waals surface area contributed by atoms with Gasteiger partial charge in [-0.2, -0.15) is 5.26 Å². The van der Waals surface area contributed by atoms with E-state index in [2.05, 4.69) is 36.5 Å². The molecule has 0 atom stereocenters. The average Bonchev–Trinajstić information content (AvgIpc) is 2.47. The lowest BCUT2D eigenvalue weighted by Gasteiger charge is -2.12. The molecule has 0 bridgehead atoms. The van der Waals surface area contributed by atoms with Crippen molar-refractivity contribution in [1.29, 1.82) is 5.26 Å². The van der Waals surface area contributed by atoms with Crippen LogP contribution >= 0.6 is 11.6 Å². The minimum atomic E-state index is 0.588. The molecule has 0 aliphatic carbocycles. The Labute approximate surface area is 125 Å². The molecule has 0 amide bonds. The Morgan fingerprint density at radius 2 is 1.95 bits per heavy atom. The fourth-order valence-electron chi connectivity index (χ4n) is 2.13. The largest absolute Gasteiger partial charge is 0.381 e. The fraction of sp³-hybridized carbons (Fsp3) is 0.235. The summed E-state index contributed by atoms with van der Waals surface area (Å²) in [6, 6.07) is 15.8. The Morgan fingerprint density at radius 1 is 1.15 bits per heavy atom. The molecule has 0 aliphatic heterocycles. The third-order valence-electron chi connectivity index (χ3n) is 3.19. The van der Waals surface area contributed by atoms with E-state index in [9.17, 15) is 0 Å². The predicted molar refractivity (Wildman–Crippen MR) is 83.9 cm³/mol. The van der Waals surface area contributed by atoms with Crippen LogP contribution in [-0.4, -0.2) is 0 Å². The number of nitrogens with zero attached hydrogens (tertiary/aromatic N) is 1. The maximum atomic E-state index is 8.83. The minimum absolute atomic E-state index is 0.588. The molecule has 0 fully saturated rings. The van der Waals surface area contributed by atoms with Gasteiger partial charge in [-0.25, -0.2) is 0 Å². The van der Waals surface area contributed by atoms with Crippen molar-refractivity contribution in [3.63, 3.8) is 0 Å². The summed E-state index contributed by atoms with van der Waals surface area (Å²) in [5.41, 5.74) is 4.05. The average molecular weight is 285 g/mol. The molecule has 1 N–H and O–H groups in total. The van der Waals surface area contributed by atoms with Crippen LogP contribution in [0.5, 0.6) is 0 Å². The number of nitriles is 1. The highest BCUT2D eigenvalue weighted by Gasteiger charge is 2.04. The van der Waals surface area contributed by atoms with E-state index in [0.717, 1.165) is 24.1 Å². The zero-order chi connectivity index (χ0) is 14.4. The van der Waals surface area contributed by atoms with Crippen molar-refractivity contribution >= 4 is 17.3 Å². The number of rotatable bonds is 5. The van der Waals surface area contributed by atoms with Crippen LogP contribution in [0.25, 0.3) is 0 Å². The Morgan fingerprint density at radius 3 is 2.65 bits per heavy atom. The Kier molecular flexibility index (Phi) is 5.03. The summed E-state index contributed by atoms with van der Waals surface area (Å²) in [4.78, 5) is 0. The Hall–Kier alpha value is -1.98. The first-order valence-electron chi connectivity index (χ1n) is 6.75. The van der Waals surface area contributed by atoms with Crippen molar-refractivity contribution in [3.05, 3.63) is 64.2 Å². The van der Waals surface area contributed by atoms with Gasteiger partial charge >= 0.3 is 0 Å². The highest BCUT2D eigenvalue weighted by Crippen LogP contribution is 2.21. The number of benzene rings is 2. The molecule has 3 heteroatoms. The molecule has 0 saturated carbocycles. The smallest absolute Gasteiger partial charge is 0.0992 e. The molecule has 0 radical (unpaired) electrons. The first-order valence-corrected chi connectivity index (χ1v) is 7.12. The molecule has 0 unspecified atom stereocenters. The van der Waals surface area contributed by atoms with Gasteiger partial charge in [-0.05, 0) is 35.7 Å². The van der Waals surface area contributed by atoms with E-state index in [4.69, 9.17) is 16.9 Å². The second-order valence-electron chi connectivity index (χ2n) is 4.68. The molecule has 2 rings (SSSR count). The quantitative estimate of drug-likeness (QED) is 0.858. The standard InChI is InChI=1S/C17H17ClN2/c1-2-5-14-6-3-4-7-17(14)20-12-15-9-8-13(11-19)10-16(15)18/h3-4,6-10,20H,2,5,12H2,1H3. The molecule has 2 aromatic rings. The van der Waals surface area contributed by atoms with E-state index in [1.807, 2.05) is 12.1 Å². The molecule has 0 spiro atoms. The van der Waals surface area contributed by atoms with Crippen molar-refractivity contribution in [2.24, 2.45) is 0 Å². The lowest BCUT2D eigenvalue weighted by Crippen LogP contribution is -2.03. The molecule has 0 aliphatic rings. The predicted octanol–water partition coefficient (Wildman–Crippen LogP) is 4.78. The van der Waals surface area contributed by atoms with Gasteiger partial charge in [0.2, 0.25) is 0 Å². The first kappa shape index (κ1) is 14.4. The van der Waals surface area contributed by atoms with Crippen LogP contribution in [0.4, 0.5) is 5.69 Å². The van der Waals surface area contributed by atoms with Crippen LogP contribution in [0, 0.1) is 11.3 Å². The van der Waals surface area contributed by atoms with Crippen LogP contribution < -0.4 is 5.32 Å². The summed E-state index contributed by atoms with van der Waals surface area (Å²) in [5, 5.41) is 12.9. The summed E-state index contributed by atoms with van der Waals surface area (Å²) in [7, 11) is 0. The lowest BCUT2D eigenvalue weighted by atomic mass is 10.1. The maximum Gasteiger partial charge on any atom is 0.0992 e. The fourth-order valence-corrected chi connectivity index (χ4v) is 2.38. The van der Waals surface area contributed by atoms with Crippen molar-refractivity contribution in [2.75, 3.05) is 5.32 Å². The van der Waals surface area contributed by atoms with Crippen LogP contribution in [0.3, 0.4) is 0 Å². The second kappa shape index (κ2) is 6.98. The monoisotopic (exact) mass is 284 g/mol. The molecule has 102 valence electrons. The first-order chi connectivity index (χ1) is 9.74. The summed E-state index contributed by atoms with van der Waals surface area (Å²) >= 11 is 6.18. The van der Waals surface area contributed by atoms with Gasteiger partial charge in [-0.15, -0.1) is 0 Å². The summed E-state index contributed by atoms with van der Waals surface area (Å²) in [6.45, 7) is 2.83. The second-order valence-corrected chi connectivity index (χ2v) is 5.09. The normalized spacial score (nSPS) is 10.1. The summed E-state index contributed by atoms with van der Waals surface area (Å²) in [6.07, 6.45) is 2.18. The third kappa shape index (κ3) is 3.53. The third-order valence-corrected chi connectivity index (χ3v) is 3.54. The van der Waals surface area contributed by atoms with E-state index in [1.54, 1.807) is 12.1 Å². The van der Waals surface area contributed by atoms with Crippen molar-refractivity contribution < 1.29 is 0 Å². The van der Waals surface area contributed by atoms with Crippen molar-refractivity contribution in [3.8, 4) is 6.07 Å². The highest BCUT2D eigenvalue weighted by molar-refractivity contribution is 6.31. The molecular weight excluding hydrogens is 268 g/mol. The molecule has 2 nitrogen and oxygen atoms in total. The Bertz CT molecular complexity index is 629. The number of para-hydroxylation sites is 1. The minimum Gasteiger partial charge on any atom is -0.381 e. The van der Waals surface area contributed by atoms with Crippen LogP contribution in [0.1, 0.15) is 30.0 Å². The van der Waals surface area contributed by atoms with E-state index in [0.29, 0.717) is 17.1 Å². The van der Waals surface area contributed by atoms with Crippen LogP contribution in [0.2, 0.25) is 5.02 Å². The number of anilines is 1. The van der Waals surface area contributed by atoms with E-state index >= 15 is 0 Å². The molecule has 0 aromatic heterocycles. The van der Waals surface area contributed by atoms with Crippen molar-refractivity contribution in [2.45, 2.75) is 26.3 Å². The van der Waals surface area contributed by atoms with Crippen LogP contribution in [0.15, 0.2) is 42.5 Å². The lowest BCUT2D eigenvalue weighted by molar-refractivity contribution is 0.919. The van der Waals surface area contributed by atoms with E-state index in [-0.39, 0.29) is 0 Å². The van der Waals surface area contributed by atoms with Gasteiger partial charge in [0, 0.05) is 17.3 Å². The van der Waals surface area contributed by atoms with Gasteiger partial charge < -0.3 is 5.32 Å². The summed E-state index contributed by atoms with van der Waals surface area (Å²) in [5.74, 6) is 0. The van der Waals surface area contributed by atoms with Crippen LogP contribution in [-0.2, 0) is 13.0 Å². The number of hydrogen-bond donors (Lipinski definition) is 1. The van der Waals surface area contributed by atoms with Gasteiger partial charge in [0.15, 0.2) is 0 Å². The molecule has 20 heavy (non-hydrogen) atoms.